The van der Waals surface area contributed by atoms with E-state index in [4.69, 9.17) is 0 Å². The molecule has 0 spiro atoms. The molecular formula is C12H19NO2S2. The minimum Gasteiger partial charge on any atom is -0.210 e. The zero-order chi connectivity index (χ0) is 13.1. The summed E-state index contributed by atoms with van der Waals surface area (Å²) < 4.78 is 26.3. The molecule has 0 fully saturated rings. The number of hydrogen-bond donors (Lipinski definition) is 2. The van der Waals surface area contributed by atoms with Gasteiger partial charge >= 0.3 is 0 Å². The molecule has 0 aliphatic rings. The van der Waals surface area contributed by atoms with Gasteiger partial charge in [-0.2, -0.15) is 12.6 Å². The topological polar surface area (TPSA) is 46.2 Å². The minimum absolute atomic E-state index is 0.000266. The monoisotopic (exact) mass is 273 g/mol. The van der Waals surface area contributed by atoms with Crippen LogP contribution in [0, 0.1) is 0 Å². The maximum absolute atomic E-state index is 11.9. The minimum atomic E-state index is -3.40. The molecule has 0 radical (unpaired) electrons. The summed E-state index contributed by atoms with van der Waals surface area (Å²) in [4.78, 5) is 0.302. The van der Waals surface area contributed by atoms with Gasteiger partial charge < -0.3 is 0 Å². The van der Waals surface area contributed by atoms with Gasteiger partial charge in [-0.05, 0) is 23.6 Å². The highest BCUT2D eigenvalue weighted by atomic mass is 32.2. The summed E-state index contributed by atoms with van der Waals surface area (Å²) >= 11 is 4.14. The Morgan fingerprint density at radius 3 is 2.12 bits per heavy atom. The molecule has 1 rings (SSSR count). The van der Waals surface area contributed by atoms with Crippen LogP contribution < -0.4 is 4.72 Å². The Labute approximate surface area is 109 Å². The van der Waals surface area contributed by atoms with E-state index in [-0.39, 0.29) is 5.25 Å². The van der Waals surface area contributed by atoms with Crippen LogP contribution in [0.25, 0.3) is 0 Å². The van der Waals surface area contributed by atoms with E-state index in [9.17, 15) is 8.42 Å². The fraction of sp³-hybridized carbons (Fsp3) is 0.500. The van der Waals surface area contributed by atoms with E-state index in [1.807, 2.05) is 19.1 Å². The molecule has 0 aliphatic heterocycles. The normalized spacial score (nSPS) is 13.9. The lowest BCUT2D eigenvalue weighted by Gasteiger charge is -2.10. The van der Waals surface area contributed by atoms with Crippen LogP contribution in [-0.2, 0) is 10.0 Å². The Kier molecular flexibility index (Phi) is 5.04. The highest BCUT2D eigenvalue weighted by molar-refractivity contribution is 7.89. The Morgan fingerprint density at radius 2 is 1.71 bits per heavy atom. The van der Waals surface area contributed by atoms with Crippen molar-refractivity contribution in [3.05, 3.63) is 29.8 Å². The van der Waals surface area contributed by atoms with Gasteiger partial charge in [0.25, 0.3) is 0 Å². The van der Waals surface area contributed by atoms with Gasteiger partial charge in [0.15, 0.2) is 0 Å². The van der Waals surface area contributed by atoms with E-state index in [0.717, 1.165) is 5.56 Å². The van der Waals surface area contributed by atoms with E-state index in [2.05, 4.69) is 31.2 Å². The zero-order valence-electron chi connectivity index (χ0n) is 10.3. The highest BCUT2D eigenvalue weighted by Crippen LogP contribution is 2.17. The average Bonchev–Trinajstić information content (AvgIpc) is 2.27. The van der Waals surface area contributed by atoms with Crippen LogP contribution >= 0.6 is 12.6 Å². The summed E-state index contributed by atoms with van der Waals surface area (Å²) in [5.41, 5.74) is 1.13. The second kappa shape index (κ2) is 5.89. The molecule has 17 heavy (non-hydrogen) atoms. The molecule has 0 aliphatic carbocycles. The van der Waals surface area contributed by atoms with Crippen LogP contribution in [0.1, 0.15) is 32.3 Å². The molecular weight excluding hydrogens is 254 g/mol. The molecule has 0 aromatic heterocycles. The number of thiol groups is 1. The standard InChI is InChI=1S/C12H19NO2S2/c1-9(2)11-4-6-12(7-5-11)17(14,15)13-8-10(3)16/h4-7,9-10,13,16H,8H2,1-3H3. The summed E-state index contributed by atoms with van der Waals surface area (Å²) in [5, 5.41) is -0.000266. The van der Waals surface area contributed by atoms with Crippen molar-refractivity contribution in [3.63, 3.8) is 0 Å². The molecule has 3 nitrogen and oxygen atoms in total. The predicted octanol–water partition coefficient (Wildman–Crippen LogP) is 2.41. The Morgan fingerprint density at radius 1 is 1.18 bits per heavy atom. The van der Waals surface area contributed by atoms with Crippen LogP contribution in [0.2, 0.25) is 0 Å². The highest BCUT2D eigenvalue weighted by Gasteiger charge is 2.14. The van der Waals surface area contributed by atoms with Gasteiger partial charge in [0.2, 0.25) is 10.0 Å². The van der Waals surface area contributed by atoms with Gasteiger partial charge in [-0.25, -0.2) is 13.1 Å². The molecule has 0 amide bonds. The first-order valence-corrected chi connectivity index (χ1v) is 7.60. The Balaban J connectivity index is 2.85. The molecule has 0 heterocycles. The van der Waals surface area contributed by atoms with Crippen molar-refractivity contribution in [2.24, 2.45) is 0 Å². The largest absolute Gasteiger partial charge is 0.240 e. The van der Waals surface area contributed by atoms with Crippen molar-refractivity contribution in [1.29, 1.82) is 0 Å². The Bertz CT molecular complexity index is 450. The van der Waals surface area contributed by atoms with E-state index in [1.54, 1.807) is 12.1 Å². The molecule has 1 aromatic carbocycles. The van der Waals surface area contributed by atoms with Crippen molar-refractivity contribution >= 4 is 22.7 Å². The van der Waals surface area contributed by atoms with Crippen LogP contribution in [0.15, 0.2) is 29.2 Å². The van der Waals surface area contributed by atoms with Gasteiger partial charge in [-0.3, -0.25) is 0 Å². The summed E-state index contributed by atoms with van der Waals surface area (Å²) in [7, 11) is -3.40. The number of rotatable bonds is 5. The molecule has 1 unspecified atom stereocenters. The summed E-state index contributed by atoms with van der Waals surface area (Å²) in [6, 6.07) is 6.98. The molecule has 96 valence electrons. The lowest BCUT2D eigenvalue weighted by atomic mass is 10.0. The molecule has 0 bridgehead atoms. The maximum atomic E-state index is 11.9. The van der Waals surface area contributed by atoms with E-state index in [0.29, 0.717) is 17.4 Å². The second-order valence-electron chi connectivity index (χ2n) is 4.42. The fourth-order valence-corrected chi connectivity index (χ4v) is 2.69. The molecule has 5 heteroatoms. The maximum Gasteiger partial charge on any atom is 0.240 e. The van der Waals surface area contributed by atoms with Gasteiger partial charge in [0.1, 0.15) is 0 Å². The van der Waals surface area contributed by atoms with E-state index >= 15 is 0 Å². The summed E-state index contributed by atoms with van der Waals surface area (Å²) in [5.74, 6) is 0.400. The predicted molar refractivity (Wildman–Crippen MR) is 74.2 cm³/mol. The molecule has 1 atom stereocenters. The summed E-state index contributed by atoms with van der Waals surface area (Å²) in [6.07, 6.45) is 0. The number of benzene rings is 1. The van der Waals surface area contributed by atoms with Crippen molar-refractivity contribution in [2.75, 3.05) is 6.54 Å². The van der Waals surface area contributed by atoms with Crippen LogP contribution in [-0.4, -0.2) is 20.2 Å². The van der Waals surface area contributed by atoms with Gasteiger partial charge in [0.05, 0.1) is 4.90 Å². The lowest BCUT2D eigenvalue weighted by molar-refractivity contribution is 0.581. The molecule has 0 saturated heterocycles. The van der Waals surface area contributed by atoms with E-state index < -0.39 is 10.0 Å². The quantitative estimate of drug-likeness (QED) is 0.809. The smallest absolute Gasteiger partial charge is 0.210 e. The summed E-state index contributed by atoms with van der Waals surface area (Å²) in [6.45, 7) is 6.32. The molecule has 1 aromatic rings. The van der Waals surface area contributed by atoms with Crippen molar-refractivity contribution in [3.8, 4) is 0 Å². The molecule has 1 N–H and O–H groups in total. The third-order valence-corrected chi connectivity index (χ3v) is 4.05. The van der Waals surface area contributed by atoms with Crippen LogP contribution in [0.4, 0.5) is 0 Å². The third kappa shape index (κ3) is 4.33. The molecule has 0 saturated carbocycles. The zero-order valence-corrected chi connectivity index (χ0v) is 12.1. The number of hydrogen-bond acceptors (Lipinski definition) is 3. The third-order valence-electron chi connectivity index (χ3n) is 2.43. The first-order chi connectivity index (χ1) is 7.83. The van der Waals surface area contributed by atoms with Crippen molar-refractivity contribution < 1.29 is 8.42 Å². The fourth-order valence-electron chi connectivity index (χ4n) is 1.35. The Hall–Kier alpha value is -0.520. The van der Waals surface area contributed by atoms with Crippen LogP contribution in [0.3, 0.4) is 0 Å². The van der Waals surface area contributed by atoms with Gasteiger partial charge in [0, 0.05) is 11.8 Å². The number of nitrogens with one attached hydrogen (secondary N) is 1. The first-order valence-electron chi connectivity index (χ1n) is 5.60. The number of sulfonamides is 1. The lowest BCUT2D eigenvalue weighted by Crippen LogP contribution is -2.28. The SMILES string of the molecule is CC(S)CNS(=O)(=O)c1ccc(C(C)C)cc1. The van der Waals surface area contributed by atoms with Crippen molar-refractivity contribution in [1.82, 2.24) is 4.72 Å². The van der Waals surface area contributed by atoms with Crippen LogP contribution in [0.5, 0.6) is 0 Å². The van der Waals surface area contributed by atoms with E-state index in [1.165, 1.54) is 0 Å². The second-order valence-corrected chi connectivity index (χ2v) is 7.07. The van der Waals surface area contributed by atoms with Crippen molar-refractivity contribution in [2.45, 2.75) is 36.8 Å². The van der Waals surface area contributed by atoms with Gasteiger partial charge in [-0.1, -0.05) is 32.9 Å². The average molecular weight is 273 g/mol. The first kappa shape index (κ1) is 14.5. The van der Waals surface area contributed by atoms with Gasteiger partial charge in [-0.15, -0.1) is 0 Å².